The van der Waals surface area contributed by atoms with E-state index in [9.17, 15) is 0 Å². The first-order valence-corrected chi connectivity index (χ1v) is 8.60. The molecule has 124 valence electrons. The minimum atomic E-state index is -0.0868. The Balaban J connectivity index is 1.88. The molecule has 2 rings (SSSR count). The van der Waals surface area contributed by atoms with Crippen molar-refractivity contribution in [3.63, 3.8) is 0 Å². The molecule has 1 heterocycles. The zero-order valence-electron chi connectivity index (χ0n) is 13.6. The summed E-state index contributed by atoms with van der Waals surface area (Å²) >= 11 is 7.83. The van der Waals surface area contributed by atoms with Gasteiger partial charge in [-0.25, -0.2) is 0 Å². The third kappa shape index (κ3) is 5.53. The molecular formula is C17H22ClN3OS. The van der Waals surface area contributed by atoms with Crippen molar-refractivity contribution in [1.82, 2.24) is 10.6 Å². The monoisotopic (exact) mass is 351 g/mol. The lowest BCUT2D eigenvalue weighted by molar-refractivity contribution is 0.106. The van der Waals surface area contributed by atoms with Crippen LogP contribution in [0.5, 0.6) is 0 Å². The Hall–Kier alpha value is -1.56. The first-order valence-electron chi connectivity index (χ1n) is 7.40. The minimum absolute atomic E-state index is 0.0868. The highest BCUT2D eigenvalue weighted by molar-refractivity contribution is 7.11. The van der Waals surface area contributed by atoms with Crippen LogP contribution in [0.1, 0.15) is 21.4 Å². The predicted molar refractivity (Wildman–Crippen MR) is 98.5 cm³/mol. The molecule has 2 N–H and O–H groups in total. The van der Waals surface area contributed by atoms with Crippen LogP contribution in [0.2, 0.25) is 5.02 Å². The van der Waals surface area contributed by atoms with E-state index in [4.69, 9.17) is 16.3 Å². The molecule has 0 fully saturated rings. The third-order valence-corrected chi connectivity index (χ3v) is 4.65. The Morgan fingerprint density at radius 3 is 2.74 bits per heavy atom. The van der Waals surface area contributed by atoms with E-state index in [1.165, 1.54) is 9.75 Å². The number of ether oxygens (including phenoxy) is 1. The van der Waals surface area contributed by atoms with Crippen LogP contribution in [0, 0.1) is 6.92 Å². The average Bonchev–Trinajstić information content (AvgIpc) is 2.96. The molecule has 0 bridgehead atoms. The van der Waals surface area contributed by atoms with Crippen LogP contribution in [0.15, 0.2) is 41.4 Å². The van der Waals surface area contributed by atoms with Crippen molar-refractivity contribution in [2.24, 2.45) is 4.99 Å². The van der Waals surface area contributed by atoms with Gasteiger partial charge in [0.15, 0.2) is 5.96 Å². The predicted octanol–water partition coefficient (Wildman–Crippen LogP) is 3.76. The number of nitrogens with one attached hydrogen (secondary N) is 2. The minimum Gasteiger partial charge on any atom is -0.375 e. The summed E-state index contributed by atoms with van der Waals surface area (Å²) in [6.45, 7) is 3.47. The molecule has 0 saturated heterocycles. The van der Waals surface area contributed by atoms with Crippen LogP contribution in [0.4, 0.5) is 0 Å². The maximum Gasteiger partial charge on any atom is 0.191 e. The van der Waals surface area contributed by atoms with Gasteiger partial charge in [-0.1, -0.05) is 23.7 Å². The zero-order chi connectivity index (χ0) is 16.7. The highest BCUT2D eigenvalue weighted by Crippen LogP contribution is 2.19. The van der Waals surface area contributed by atoms with E-state index in [1.807, 2.05) is 24.3 Å². The first-order chi connectivity index (χ1) is 11.1. The quantitative estimate of drug-likeness (QED) is 0.615. The smallest absolute Gasteiger partial charge is 0.191 e. The number of aliphatic imine (C=N–C) groups is 1. The summed E-state index contributed by atoms with van der Waals surface area (Å²) in [7, 11) is 3.45. The molecule has 1 aromatic carbocycles. The molecule has 23 heavy (non-hydrogen) atoms. The third-order valence-electron chi connectivity index (χ3n) is 3.41. The molecule has 0 amide bonds. The van der Waals surface area contributed by atoms with Gasteiger partial charge in [-0.3, -0.25) is 4.99 Å². The Kier molecular flexibility index (Phi) is 6.89. The van der Waals surface area contributed by atoms with Crippen molar-refractivity contribution in [3.05, 3.63) is 56.7 Å². The van der Waals surface area contributed by atoms with Crippen molar-refractivity contribution in [2.75, 3.05) is 20.7 Å². The van der Waals surface area contributed by atoms with Crippen LogP contribution in [-0.2, 0) is 11.3 Å². The molecule has 2 aromatic rings. The number of nitrogens with zero attached hydrogens (tertiary/aromatic N) is 1. The van der Waals surface area contributed by atoms with Crippen molar-refractivity contribution in [1.29, 1.82) is 0 Å². The van der Waals surface area contributed by atoms with Crippen LogP contribution in [-0.4, -0.2) is 26.7 Å². The fraction of sp³-hybridized carbons (Fsp3) is 0.353. The fourth-order valence-electron chi connectivity index (χ4n) is 2.21. The number of methoxy groups -OCH3 is 1. The molecule has 1 atom stereocenters. The lowest BCUT2D eigenvalue weighted by Crippen LogP contribution is -2.39. The summed E-state index contributed by atoms with van der Waals surface area (Å²) in [5.41, 5.74) is 1.04. The van der Waals surface area contributed by atoms with Gasteiger partial charge in [-0.05, 0) is 36.8 Å². The van der Waals surface area contributed by atoms with E-state index in [2.05, 4.69) is 34.7 Å². The van der Waals surface area contributed by atoms with E-state index < -0.39 is 0 Å². The number of hydrogen-bond donors (Lipinski definition) is 2. The molecular weight excluding hydrogens is 330 g/mol. The second kappa shape index (κ2) is 8.91. The molecule has 1 aromatic heterocycles. The van der Waals surface area contributed by atoms with Crippen molar-refractivity contribution in [3.8, 4) is 0 Å². The molecule has 0 saturated carbocycles. The van der Waals surface area contributed by atoms with Crippen LogP contribution < -0.4 is 10.6 Å². The average molecular weight is 352 g/mol. The Morgan fingerprint density at radius 2 is 2.13 bits per heavy atom. The lowest BCUT2D eigenvalue weighted by atomic mass is 10.1. The van der Waals surface area contributed by atoms with Gasteiger partial charge in [0.2, 0.25) is 0 Å². The van der Waals surface area contributed by atoms with E-state index in [1.54, 1.807) is 25.5 Å². The van der Waals surface area contributed by atoms with Crippen LogP contribution >= 0.6 is 22.9 Å². The molecule has 0 aliphatic rings. The highest BCUT2D eigenvalue weighted by atomic mass is 35.5. The van der Waals surface area contributed by atoms with Gasteiger partial charge in [-0.15, -0.1) is 11.3 Å². The molecule has 0 spiro atoms. The summed E-state index contributed by atoms with van der Waals surface area (Å²) in [5.74, 6) is 0.750. The van der Waals surface area contributed by atoms with Crippen LogP contribution in [0.25, 0.3) is 0 Å². The maximum absolute atomic E-state index is 6.04. The summed E-state index contributed by atoms with van der Waals surface area (Å²) in [5, 5.41) is 7.31. The van der Waals surface area contributed by atoms with Crippen LogP contribution in [0.3, 0.4) is 0 Å². The number of aryl methyl sites for hydroxylation is 1. The molecule has 4 nitrogen and oxygen atoms in total. The van der Waals surface area contributed by atoms with Gasteiger partial charge >= 0.3 is 0 Å². The molecule has 6 heteroatoms. The second-order valence-electron chi connectivity index (χ2n) is 5.10. The molecule has 0 aliphatic carbocycles. The summed E-state index contributed by atoms with van der Waals surface area (Å²) in [6, 6.07) is 12.0. The van der Waals surface area contributed by atoms with Crippen molar-refractivity contribution in [2.45, 2.75) is 19.6 Å². The normalized spacial score (nSPS) is 13.0. The molecule has 0 aliphatic heterocycles. The molecule has 0 radical (unpaired) electrons. The number of benzene rings is 1. The molecule has 1 unspecified atom stereocenters. The van der Waals surface area contributed by atoms with Gasteiger partial charge in [0.1, 0.15) is 0 Å². The fourth-order valence-corrected chi connectivity index (χ4v) is 3.23. The largest absolute Gasteiger partial charge is 0.375 e. The highest BCUT2D eigenvalue weighted by Gasteiger charge is 2.11. The standard InChI is InChI=1S/C17H22ClN3OS/c1-12-7-8-15(23-12)10-20-17(19-2)21-11-16(22-3)13-5-4-6-14(18)9-13/h4-9,16H,10-11H2,1-3H3,(H2,19,20,21). The van der Waals surface area contributed by atoms with E-state index in [-0.39, 0.29) is 6.10 Å². The lowest BCUT2D eigenvalue weighted by Gasteiger charge is -2.18. The number of hydrogen-bond acceptors (Lipinski definition) is 3. The topological polar surface area (TPSA) is 45.7 Å². The van der Waals surface area contributed by atoms with E-state index in [0.717, 1.165) is 18.1 Å². The Bertz CT molecular complexity index is 657. The van der Waals surface area contributed by atoms with E-state index >= 15 is 0 Å². The van der Waals surface area contributed by atoms with E-state index in [0.29, 0.717) is 11.6 Å². The van der Waals surface area contributed by atoms with Gasteiger partial charge in [0, 0.05) is 35.5 Å². The Morgan fingerprint density at radius 1 is 1.30 bits per heavy atom. The number of thiophene rings is 1. The van der Waals surface area contributed by atoms with Gasteiger partial charge < -0.3 is 15.4 Å². The summed E-state index contributed by atoms with van der Waals surface area (Å²) in [6.07, 6.45) is -0.0868. The summed E-state index contributed by atoms with van der Waals surface area (Å²) < 4.78 is 5.55. The van der Waals surface area contributed by atoms with Gasteiger partial charge in [0.05, 0.1) is 12.6 Å². The van der Waals surface area contributed by atoms with Gasteiger partial charge in [0.25, 0.3) is 0 Å². The number of halogens is 1. The van der Waals surface area contributed by atoms with Gasteiger partial charge in [-0.2, -0.15) is 0 Å². The maximum atomic E-state index is 6.04. The zero-order valence-corrected chi connectivity index (χ0v) is 15.2. The SMILES string of the molecule is CN=C(NCc1ccc(C)s1)NCC(OC)c1cccc(Cl)c1. The van der Waals surface area contributed by atoms with Crippen molar-refractivity contribution < 1.29 is 4.74 Å². The number of rotatable bonds is 6. The number of guanidine groups is 1. The summed E-state index contributed by atoms with van der Waals surface area (Å²) in [4.78, 5) is 6.84. The first kappa shape index (κ1) is 17.8. The van der Waals surface area contributed by atoms with Crippen molar-refractivity contribution >= 4 is 28.9 Å². The Labute approximate surface area is 146 Å². The second-order valence-corrected chi connectivity index (χ2v) is 6.91.